The molecule has 0 saturated carbocycles. The van der Waals surface area contributed by atoms with Gasteiger partial charge in [0.1, 0.15) is 18.5 Å². The fourth-order valence-corrected chi connectivity index (χ4v) is 1.59. The van der Waals surface area contributed by atoms with Crippen molar-refractivity contribution in [2.24, 2.45) is 0 Å². The van der Waals surface area contributed by atoms with E-state index >= 15 is 0 Å². The lowest BCUT2D eigenvalue weighted by atomic mass is 10.1. The van der Waals surface area contributed by atoms with Crippen molar-refractivity contribution in [1.82, 2.24) is 5.32 Å². The topological polar surface area (TPSA) is 55.4 Å². The third-order valence-corrected chi connectivity index (χ3v) is 2.61. The van der Waals surface area contributed by atoms with Crippen LogP contribution < -0.4 is 5.32 Å². The Kier molecular flexibility index (Phi) is 6.68. The lowest BCUT2D eigenvalue weighted by Gasteiger charge is -2.16. The molecule has 0 spiro atoms. The van der Waals surface area contributed by atoms with Crippen LogP contribution in [0.25, 0.3) is 0 Å². The Hall–Kier alpha value is -1.81. The lowest BCUT2D eigenvalue weighted by molar-refractivity contribution is -0.146. The zero-order chi connectivity index (χ0) is 14.1. The molecule has 1 aromatic carbocycles. The fourth-order valence-electron chi connectivity index (χ4n) is 1.52. The normalized spacial score (nSPS) is 11.4. The zero-order valence-electron chi connectivity index (χ0n) is 10.5. The van der Waals surface area contributed by atoms with Crippen LogP contribution in [0.2, 0.25) is 0 Å². The summed E-state index contributed by atoms with van der Waals surface area (Å²) in [5, 5.41) is 2.54. The molecule has 0 heterocycles. The van der Waals surface area contributed by atoms with Gasteiger partial charge in [-0.2, -0.15) is 0 Å². The Morgan fingerprint density at radius 2 is 2.05 bits per heavy atom. The summed E-state index contributed by atoms with van der Waals surface area (Å²) in [5.41, 5.74) is 0.929. The third kappa shape index (κ3) is 5.57. The summed E-state index contributed by atoms with van der Waals surface area (Å²) in [7, 11) is 0. The highest BCUT2D eigenvalue weighted by Gasteiger charge is 2.22. The molecule has 0 radical (unpaired) electrons. The van der Waals surface area contributed by atoms with Gasteiger partial charge in [0.25, 0.3) is 0 Å². The minimum atomic E-state index is -0.742. The summed E-state index contributed by atoms with van der Waals surface area (Å²) in [4.78, 5) is 23.1. The number of nitrogens with one attached hydrogen (secondary N) is 1. The van der Waals surface area contributed by atoms with Crippen LogP contribution in [0.15, 0.2) is 43.0 Å². The Morgan fingerprint density at radius 3 is 2.63 bits per heavy atom. The molecule has 19 heavy (non-hydrogen) atoms. The summed E-state index contributed by atoms with van der Waals surface area (Å²) in [6, 6.07) is 8.62. The van der Waals surface area contributed by atoms with Crippen LogP contribution in [0.3, 0.4) is 0 Å². The van der Waals surface area contributed by atoms with Crippen molar-refractivity contribution in [3.05, 3.63) is 48.6 Å². The molecule has 102 valence electrons. The highest BCUT2D eigenvalue weighted by Crippen LogP contribution is 2.05. The molecule has 1 rings (SSSR count). The first kappa shape index (κ1) is 15.2. The summed E-state index contributed by atoms with van der Waals surface area (Å²) in [6.45, 7) is 3.58. The average Bonchev–Trinajstić information content (AvgIpc) is 2.44. The number of carbonyl (C=O) groups excluding carboxylic acids is 2. The number of hydrogen-bond acceptors (Lipinski definition) is 3. The predicted molar refractivity (Wildman–Crippen MR) is 74.0 cm³/mol. The second-order valence-corrected chi connectivity index (χ2v) is 4.13. The van der Waals surface area contributed by atoms with E-state index in [-0.39, 0.29) is 12.5 Å². The predicted octanol–water partition coefficient (Wildman–Crippen LogP) is 1.68. The summed E-state index contributed by atoms with van der Waals surface area (Å²) in [6.07, 6.45) is 1.83. The molecule has 0 aliphatic rings. The van der Waals surface area contributed by atoms with E-state index in [4.69, 9.17) is 16.3 Å². The fraction of sp³-hybridized carbons (Fsp3) is 0.286. The molecule has 0 aromatic heterocycles. The molecule has 4 nitrogen and oxygen atoms in total. The van der Waals surface area contributed by atoms with Crippen molar-refractivity contribution < 1.29 is 14.3 Å². The molecular formula is C14H16ClNO3. The van der Waals surface area contributed by atoms with E-state index < -0.39 is 17.9 Å². The number of carbonyl (C=O) groups is 2. The van der Waals surface area contributed by atoms with Gasteiger partial charge in [-0.1, -0.05) is 43.0 Å². The first-order valence-corrected chi connectivity index (χ1v) is 6.37. The van der Waals surface area contributed by atoms with Gasteiger partial charge in [0.05, 0.1) is 0 Å². The summed E-state index contributed by atoms with van der Waals surface area (Å²) < 4.78 is 4.96. The van der Waals surface area contributed by atoms with Crippen LogP contribution in [-0.4, -0.2) is 30.4 Å². The van der Waals surface area contributed by atoms with Crippen molar-refractivity contribution in [3.63, 3.8) is 0 Å². The van der Waals surface area contributed by atoms with Crippen LogP contribution >= 0.6 is 11.6 Å². The summed E-state index contributed by atoms with van der Waals surface area (Å²) in [5.74, 6) is -1.10. The number of halogens is 1. The molecule has 0 bridgehead atoms. The smallest absolute Gasteiger partial charge is 0.329 e. The Balaban J connectivity index is 2.71. The quantitative estimate of drug-likeness (QED) is 0.470. The van der Waals surface area contributed by atoms with E-state index in [2.05, 4.69) is 11.9 Å². The molecule has 1 N–H and O–H groups in total. The highest BCUT2D eigenvalue weighted by molar-refractivity contribution is 6.27. The van der Waals surface area contributed by atoms with Crippen LogP contribution in [0, 0.1) is 0 Å². The SMILES string of the molecule is C=CCOC(=O)C(Cc1ccccc1)NC(=O)CCl. The number of hydrogen-bond donors (Lipinski definition) is 1. The molecule has 1 unspecified atom stereocenters. The van der Waals surface area contributed by atoms with E-state index in [1.165, 1.54) is 6.08 Å². The van der Waals surface area contributed by atoms with Gasteiger partial charge in [-0.05, 0) is 5.56 Å². The number of ether oxygens (including phenoxy) is 1. The molecule has 0 fully saturated rings. The van der Waals surface area contributed by atoms with Gasteiger partial charge in [0, 0.05) is 6.42 Å². The number of benzene rings is 1. The van der Waals surface area contributed by atoms with Crippen molar-refractivity contribution in [2.45, 2.75) is 12.5 Å². The van der Waals surface area contributed by atoms with E-state index in [1.807, 2.05) is 30.3 Å². The Bertz CT molecular complexity index is 434. The Morgan fingerprint density at radius 1 is 1.37 bits per heavy atom. The highest BCUT2D eigenvalue weighted by atomic mass is 35.5. The van der Waals surface area contributed by atoms with Gasteiger partial charge in [0.2, 0.25) is 5.91 Å². The van der Waals surface area contributed by atoms with Crippen molar-refractivity contribution in [1.29, 1.82) is 0 Å². The molecule has 0 aliphatic heterocycles. The monoisotopic (exact) mass is 281 g/mol. The maximum atomic E-state index is 11.8. The van der Waals surface area contributed by atoms with Crippen molar-refractivity contribution >= 4 is 23.5 Å². The maximum absolute atomic E-state index is 11.8. The lowest BCUT2D eigenvalue weighted by Crippen LogP contribution is -2.44. The van der Waals surface area contributed by atoms with Gasteiger partial charge in [-0.25, -0.2) is 4.79 Å². The average molecular weight is 282 g/mol. The van der Waals surface area contributed by atoms with Gasteiger partial charge in [-0.3, -0.25) is 4.79 Å². The van der Waals surface area contributed by atoms with Gasteiger partial charge in [0.15, 0.2) is 0 Å². The van der Waals surface area contributed by atoms with E-state index in [0.717, 1.165) is 5.56 Å². The van der Waals surface area contributed by atoms with Gasteiger partial charge < -0.3 is 10.1 Å². The van der Waals surface area contributed by atoms with Crippen LogP contribution in [0.1, 0.15) is 5.56 Å². The minimum Gasteiger partial charge on any atom is -0.460 e. The largest absolute Gasteiger partial charge is 0.460 e. The second kappa shape index (κ2) is 8.32. The third-order valence-electron chi connectivity index (χ3n) is 2.37. The Labute approximate surface area is 117 Å². The molecule has 5 heteroatoms. The van der Waals surface area contributed by atoms with Crippen molar-refractivity contribution in [2.75, 3.05) is 12.5 Å². The van der Waals surface area contributed by atoms with Crippen LogP contribution in [-0.2, 0) is 20.7 Å². The van der Waals surface area contributed by atoms with Gasteiger partial charge >= 0.3 is 5.97 Å². The number of esters is 1. The second-order valence-electron chi connectivity index (χ2n) is 3.86. The van der Waals surface area contributed by atoms with E-state index in [0.29, 0.717) is 6.42 Å². The van der Waals surface area contributed by atoms with Crippen molar-refractivity contribution in [3.8, 4) is 0 Å². The number of alkyl halides is 1. The first-order valence-electron chi connectivity index (χ1n) is 5.84. The number of amides is 1. The van der Waals surface area contributed by atoms with Crippen LogP contribution in [0.4, 0.5) is 0 Å². The van der Waals surface area contributed by atoms with E-state index in [1.54, 1.807) is 0 Å². The molecule has 0 saturated heterocycles. The maximum Gasteiger partial charge on any atom is 0.329 e. The molecule has 1 aromatic rings. The molecule has 1 atom stereocenters. The molecular weight excluding hydrogens is 266 g/mol. The first-order chi connectivity index (χ1) is 9.17. The standard InChI is InChI=1S/C14H16ClNO3/c1-2-8-19-14(18)12(16-13(17)10-15)9-11-6-4-3-5-7-11/h2-7,12H,1,8-10H2,(H,16,17). The number of rotatable bonds is 7. The minimum absolute atomic E-state index is 0.112. The molecule has 0 aliphatic carbocycles. The van der Waals surface area contributed by atoms with Crippen LogP contribution in [0.5, 0.6) is 0 Å². The van der Waals surface area contributed by atoms with E-state index in [9.17, 15) is 9.59 Å². The summed E-state index contributed by atoms with van der Waals surface area (Å²) >= 11 is 5.43. The molecule has 1 amide bonds. The zero-order valence-corrected chi connectivity index (χ0v) is 11.2. The van der Waals surface area contributed by atoms with Gasteiger partial charge in [-0.15, -0.1) is 11.6 Å².